The third-order valence-electron chi connectivity index (χ3n) is 4.60. The third-order valence-corrected chi connectivity index (χ3v) is 5.84. The lowest BCUT2D eigenvalue weighted by atomic mass is 10.1. The van der Waals surface area contributed by atoms with Crippen LogP contribution in [0.2, 0.25) is 0 Å². The van der Waals surface area contributed by atoms with Gasteiger partial charge in [-0.1, -0.05) is 18.2 Å². The van der Waals surface area contributed by atoms with E-state index in [2.05, 4.69) is 0 Å². The zero-order chi connectivity index (χ0) is 21.1. The summed E-state index contributed by atoms with van der Waals surface area (Å²) < 4.78 is 71.2. The number of aliphatic hydroxyl groups is 1. The molecule has 0 saturated heterocycles. The van der Waals surface area contributed by atoms with Gasteiger partial charge in [-0.25, -0.2) is 0 Å². The third kappa shape index (κ3) is 6.11. The Morgan fingerprint density at radius 3 is 2.52 bits per heavy atom. The van der Waals surface area contributed by atoms with Crippen LogP contribution in [0.5, 0.6) is 17.2 Å². The van der Waals surface area contributed by atoms with E-state index in [1.54, 1.807) is 12.1 Å². The molecule has 158 valence electrons. The lowest BCUT2D eigenvalue weighted by Gasteiger charge is -2.12. The summed E-state index contributed by atoms with van der Waals surface area (Å²) in [6, 6.07) is 11.5. The van der Waals surface area contributed by atoms with Crippen LogP contribution in [-0.2, 0) is 23.0 Å². The molecule has 0 radical (unpaired) electrons. The zero-order valence-electron chi connectivity index (χ0n) is 15.5. The molecule has 1 unspecified atom stereocenters. The molecule has 5 nitrogen and oxygen atoms in total. The summed E-state index contributed by atoms with van der Waals surface area (Å²) in [4.78, 5) is 0. The van der Waals surface area contributed by atoms with Crippen LogP contribution >= 0.6 is 0 Å². The minimum absolute atomic E-state index is 0.0321. The van der Waals surface area contributed by atoms with Gasteiger partial charge in [0, 0.05) is 19.1 Å². The van der Waals surface area contributed by atoms with Gasteiger partial charge in [0.1, 0.15) is 17.2 Å². The van der Waals surface area contributed by atoms with Gasteiger partial charge in [0.05, 0.1) is 5.75 Å². The fraction of sp³-hybridized carbons (Fsp3) is 0.400. The van der Waals surface area contributed by atoms with E-state index in [9.17, 15) is 26.7 Å². The smallest absolute Gasteiger partial charge is 0.389 e. The predicted octanol–water partition coefficient (Wildman–Crippen LogP) is 4.24. The number of halogens is 3. The Morgan fingerprint density at radius 1 is 1.07 bits per heavy atom. The quantitative estimate of drug-likeness (QED) is 0.635. The second-order valence-corrected chi connectivity index (χ2v) is 8.68. The van der Waals surface area contributed by atoms with Crippen molar-refractivity contribution in [1.29, 1.82) is 0 Å². The summed E-state index contributed by atoms with van der Waals surface area (Å²) in [7, 11) is -4.15. The summed E-state index contributed by atoms with van der Waals surface area (Å²) in [6.45, 7) is 0.0869. The van der Waals surface area contributed by atoms with Gasteiger partial charge in [-0.2, -0.15) is 21.6 Å². The van der Waals surface area contributed by atoms with E-state index in [1.807, 2.05) is 12.1 Å². The van der Waals surface area contributed by atoms with E-state index in [0.29, 0.717) is 17.9 Å². The van der Waals surface area contributed by atoms with Gasteiger partial charge in [0.25, 0.3) is 0 Å². The standard InChI is InChI=1S/C20H21F3O5S/c21-20(22,23)8-3-9-29(25,26)28-17-6-2-5-16(12-17)27-19-7-1-4-15-10-14(13-24)11-18(15)19/h1-2,4-7,12,14,24H,3,8-11,13H2. The Kier molecular flexibility index (Phi) is 6.38. The number of rotatable bonds is 8. The minimum Gasteiger partial charge on any atom is -0.457 e. The van der Waals surface area contributed by atoms with E-state index >= 15 is 0 Å². The number of hydrogen-bond donors (Lipinski definition) is 1. The molecule has 1 aliphatic carbocycles. The van der Waals surface area contributed by atoms with Crippen molar-refractivity contribution in [2.75, 3.05) is 12.4 Å². The zero-order valence-corrected chi connectivity index (χ0v) is 16.3. The molecule has 0 aromatic heterocycles. The van der Waals surface area contributed by atoms with Crippen molar-refractivity contribution in [3.63, 3.8) is 0 Å². The van der Waals surface area contributed by atoms with Gasteiger partial charge in [-0.05, 0) is 54.5 Å². The average Bonchev–Trinajstić information content (AvgIpc) is 3.05. The molecule has 0 bridgehead atoms. The van der Waals surface area contributed by atoms with Crippen molar-refractivity contribution in [3.8, 4) is 17.2 Å². The molecule has 1 N–H and O–H groups in total. The van der Waals surface area contributed by atoms with Gasteiger partial charge in [-0.3, -0.25) is 0 Å². The van der Waals surface area contributed by atoms with E-state index in [0.717, 1.165) is 17.5 Å². The molecule has 2 aromatic rings. The minimum atomic E-state index is -4.41. The second-order valence-electron chi connectivity index (χ2n) is 6.99. The first-order valence-electron chi connectivity index (χ1n) is 9.14. The molecule has 1 atom stereocenters. The van der Waals surface area contributed by atoms with Crippen LogP contribution in [0.15, 0.2) is 42.5 Å². The number of benzene rings is 2. The van der Waals surface area contributed by atoms with Crippen LogP contribution in [0.4, 0.5) is 13.2 Å². The first kappa shape index (κ1) is 21.4. The summed E-state index contributed by atoms with van der Waals surface area (Å²) in [5.41, 5.74) is 2.10. The van der Waals surface area contributed by atoms with Crippen molar-refractivity contribution < 1.29 is 35.6 Å². The number of hydrogen-bond acceptors (Lipinski definition) is 5. The maximum Gasteiger partial charge on any atom is 0.389 e. The Bertz CT molecular complexity index is 957. The van der Waals surface area contributed by atoms with Gasteiger partial charge >= 0.3 is 16.3 Å². The largest absolute Gasteiger partial charge is 0.457 e. The van der Waals surface area contributed by atoms with Gasteiger partial charge in [-0.15, -0.1) is 0 Å². The topological polar surface area (TPSA) is 72.8 Å². The molecule has 9 heteroatoms. The molecule has 2 aromatic carbocycles. The van der Waals surface area contributed by atoms with Crippen LogP contribution in [0, 0.1) is 5.92 Å². The van der Waals surface area contributed by atoms with Gasteiger partial charge < -0.3 is 14.0 Å². The van der Waals surface area contributed by atoms with Gasteiger partial charge in [0.15, 0.2) is 0 Å². The molecule has 0 aliphatic heterocycles. The molecule has 0 fully saturated rings. The van der Waals surface area contributed by atoms with Crippen LogP contribution in [0.25, 0.3) is 0 Å². The van der Waals surface area contributed by atoms with Crippen molar-refractivity contribution in [2.24, 2.45) is 5.92 Å². The van der Waals surface area contributed by atoms with Crippen LogP contribution in [-0.4, -0.2) is 32.1 Å². The SMILES string of the molecule is O=S(=O)(CCCC(F)(F)F)Oc1cccc(Oc2cccc3c2CC(CO)C3)c1. The monoisotopic (exact) mass is 430 g/mol. The first-order valence-corrected chi connectivity index (χ1v) is 10.7. The number of alkyl halides is 3. The maximum absolute atomic E-state index is 12.2. The maximum atomic E-state index is 12.2. The highest BCUT2D eigenvalue weighted by atomic mass is 32.2. The predicted molar refractivity (Wildman–Crippen MR) is 101 cm³/mol. The highest BCUT2D eigenvalue weighted by Crippen LogP contribution is 2.36. The second kappa shape index (κ2) is 8.62. The summed E-state index contributed by atoms with van der Waals surface area (Å²) in [5, 5.41) is 9.39. The molecule has 0 saturated carbocycles. The Morgan fingerprint density at radius 2 is 1.79 bits per heavy atom. The lowest BCUT2D eigenvalue weighted by Crippen LogP contribution is -2.16. The molecule has 0 spiro atoms. The Balaban J connectivity index is 1.68. The van der Waals surface area contributed by atoms with Crippen molar-refractivity contribution in [1.82, 2.24) is 0 Å². The molecule has 29 heavy (non-hydrogen) atoms. The van der Waals surface area contributed by atoms with Crippen molar-refractivity contribution in [3.05, 3.63) is 53.6 Å². The van der Waals surface area contributed by atoms with E-state index in [1.165, 1.54) is 18.2 Å². The molecule has 0 amide bonds. The molecular formula is C20H21F3O5S. The number of aliphatic hydroxyl groups excluding tert-OH is 1. The molecule has 1 aliphatic rings. The van der Waals surface area contributed by atoms with Crippen molar-refractivity contribution >= 4 is 10.1 Å². The highest BCUT2D eigenvalue weighted by Gasteiger charge is 2.28. The Labute approximate surface area is 167 Å². The van der Waals surface area contributed by atoms with Crippen LogP contribution < -0.4 is 8.92 Å². The average molecular weight is 430 g/mol. The molecule has 3 rings (SSSR count). The first-order chi connectivity index (χ1) is 13.6. The van der Waals surface area contributed by atoms with Gasteiger partial charge in [0.2, 0.25) is 0 Å². The number of ether oxygens (including phenoxy) is 1. The highest BCUT2D eigenvalue weighted by molar-refractivity contribution is 7.87. The van der Waals surface area contributed by atoms with E-state index < -0.39 is 34.9 Å². The Hall–Kier alpha value is -2.26. The fourth-order valence-electron chi connectivity index (χ4n) is 3.28. The normalized spacial score (nSPS) is 16.5. The summed E-state index contributed by atoms with van der Waals surface area (Å²) in [6.07, 6.45) is -4.71. The fourth-order valence-corrected chi connectivity index (χ4v) is 4.26. The van der Waals surface area contributed by atoms with Crippen molar-refractivity contribution in [2.45, 2.75) is 31.9 Å². The summed E-state index contributed by atoms with van der Waals surface area (Å²) in [5.74, 6) is 0.339. The molecule has 0 heterocycles. The van der Waals surface area contributed by atoms with E-state index in [4.69, 9.17) is 8.92 Å². The number of fused-ring (bicyclic) bond motifs is 1. The van der Waals surface area contributed by atoms with E-state index in [-0.39, 0.29) is 18.3 Å². The summed E-state index contributed by atoms with van der Waals surface area (Å²) >= 11 is 0. The van der Waals surface area contributed by atoms with Crippen LogP contribution in [0.1, 0.15) is 24.0 Å². The lowest BCUT2D eigenvalue weighted by molar-refractivity contribution is -0.134. The van der Waals surface area contributed by atoms with Crippen LogP contribution in [0.3, 0.4) is 0 Å². The molecular weight excluding hydrogens is 409 g/mol.